The van der Waals surface area contributed by atoms with Gasteiger partial charge in [-0.05, 0) is 30.5 Å². The van der Waals surface area contributed by atoms with Gasteiger partial charge in [0.15, 0.2) is 0 Å². The van der Waals surface area contributed by atoms with Crippen molar-refractivity contribution in [2.45, 2.75) is 31.5 Å². The number of nitrogens with one attached hydrogen (secondary N) is 1. The van der Waals surface area contributed by atoms with Crippen LogP contribution in [0, 0.1) is 0 Å². The number of carbonyl (C=O) groups excluding carboxylic acids is 1. The van der Waals surface area contributed by atoms with Gasteiger partial charge in [0, 0.05) is 30.7 Å². The second-order valence-electron chi connectivity index (χ2n) is 7.07. The zero-order valence-corrected chi connectivity index (χ0v) is 14.5. The van der Waals surface area contributed by atoms with Crippen LogP contribution < -0.4 is 5.32 Å². The summed E-state index contributed by atoms with van der Waals surface area (Å²) in [5.74, 6) is 0.0123. The lowest BCUT2D eigenvalue weighted by atomic mass is 9.99. The van der Waals surface area contributed by atoms with Gasteiger partial charge in [-0.25, -0.2) is 0 Å². The van der Waals surface area contributed by atoms with Crippen LogP contribution in [0.15, 0.2) is 54.6 Å². The van der Waals surface area contributed by atoms with E-state index in [0.717, 1.165) is 42.8 Å². The molecule has 25 heavy (non-hydrogen) atoms. The molecular formula is C21H24N2O2. The number of fused-ring (bicyclic) bond motifs is 1. The molecule has 3 atom stereocenters. The summed E-state index contributed by atoms with van der Waals surface area (Å²) in [7, 11) is 0. The highest BCUT2D eigenvalue weighted by Gasteiger charge is 2.36. The van der Waals surface area contributed by atoms with Gasteiger partial charge in [0.1, 0.15) is 0 Å². The summed E-state index contributed by atoms with van der Waals surface area (Å²) in [6.07, 6.45) is 1.25. The van der Waals surface area contributed by atoms with E-state index in [-0.39, 0.29) is 18.1 Å². The minimum atomic E-state index is 0.0123. The van der Waals surface area contributed by atoms with Crippen LogP contribution in [-0.2, 0) is 4.74 Å². The van der Waals surface area contributed by atoms with Crippen molar-refractivity contribution in [3.05, 3.63) is 60.2 Å². The molecule has 2 fully saturated rings. The normalized spacial score (nSPS) is 26.2. The highest BCUT2D eigenvalue weighted by atomic mass is 16.5. The molecule has 2 aromatic rings. The fraction of sp³-hybridized carbons (Fsp3) is 0.381. The number of rotatable bonds is 3. The van der Waals surface area contributed by atoms with Crippen LogP contribution in [0.25, 0.3) is 11.1 Å². The minimum absolute atomic E-state index is 0.0123. The van der Waals surface area contributed by atoms with Crippen LogP contribution in [0.5, 0.6) is 0 Å². The maximum Gasteiger partial charge on any atom is 0.252 e. The molecule has 4 rings (SSSR count). The fourth-order valence-electron chi connectivity index (χ4n) is 3.96. The van der Waals surface area contributed by atoms with Gasteiger partial charge in [0.2, 0.25) is 0 Å². The number of hydrogen-bond acceptors (Lipinski definition) is 3. The molecule has 0 aromatic heterocycles. The number of nitrogens with zero attached hydrogens (tertiary/aromatic N) is 1. The topological polar surface area (TPSA) is 41.6 Å². The third kappa shape index (κ3) is 3.46. The third-order valence-electron chi connectivity index (χ3n) is 5.18. The third-order valence-corrected chi connectivity index (χ3v) is 5.18. The Kier molecular flexibility index (Phi) is 4.55. The first-order valence-electron chi connectivity index (χ1n) is 9.01. The summed E-state index contributed by atoms with van der Waals surface area (Å²) in [4.78, 5) is 15.4. The molecule has 0 bridgehead atoms. The van der Waals surface area contributed by atoms with E-state index in [4.69, 9.17) is 4.74 Å². The van der Waals surface area contributed by atoms with Crippen LogP contribution in [0.1, 0.15) is 23.7 Å². The molecule has 2 aromatic carbocycles. The molecule has 1 amide bonds. The molecule has 0 radical (unpaired) electrons. The summed E-state index contributed by atoms with van der Waals surface area (Å²) < 4.78 is 5.75. The van der Waals surface area contributed by atoms with Crippen LogP contribution in [0.3, 0.4) is 0 Å². The van der Waals surface area contributed by atoms with Crippen molar-refractivity contribution < 1.29 is 9.53 Å². The first-order chi connectivity index (χ1) is 12.2. The van der Waals surface area contributed by atoms with E-state index >= 15 is 0 Å². The molecule has 1 N–H and O–H groups in total. The maximum atomic E-state index is 12.9. The van der Waals surface area contributed by atoms with Gasteiger partial charge >= 0.3 is 0 Å². The number of carbonyl (C=O) groups is 1. The second-order valence-corrected chi connectivity index (χ2v) is 7.07. The Bertz CT molecular complexity index is 747. The van der Waals surface area contributed by atoms with Gasteiger partial charge < -0.3 is 10.1 Å². The number of ether oxygens (including phenoxy) is 1. The average Bonchev–Trinajstić information content (AvgIpc) is 3.03. The van der Waals surface area contributed by atoms with Gasteiger partial charge in [-0.1, -0.05) is 48.5 Å². The van der Waals surface area contributed by atoms with E-state index in [1.807, 2.05) is 54.6 Å². The molecule has 2 heterocycles. The molecule has 2 saturated heterocycles. The van der Waals surface area contributed by atoms with Crippen molar-refractivity contribution >= 4 is 5.91 Å². The Hall–Kier alpha value is -2.17. The van der Waals surface area contributed by atoms with Crippen LogP contribution >= 0.6 is 0 Å². The van der Waals surface area contributed by atoms with E-state index in [1.165, 1.54) is 0 Å². The average molecular weight is 336 g/mol. The first kappa shape index (κ1) is 16.3. The maximum absolute atomic E-state index is 12.9. The van der Waals surface area contributed by atoms with Gasteiger partial charge in [0.25, 0.3) is 5.91 Å². The van der Waals surface area contributed by atoms with E-state index in [0.29, 0.717) is 6.04 Å². The quantitative estimate of drug-likeness (QED) is 0.937. The smallest absolute Gasteiger partial charge is 0.252 e. The lowest BCUT2D eigenvalue weighted by molar-refractivity contribution is -0.0390. The minimum Gasteiger partial charge on any atom is -0.376 e. The summed E-state index contributed by atoms with van der Waals surface area (Å²) in [5, 5.41) is 3.24. The van der Waals surface area contributed by atoms with Gasteiger partial charge in [-0.2, -0.15) is 0 Å². The Labute approximate surface area is 148 Å². The zero-order valence-electron chi connectivity index (χ0n) is 14.5. The number of hydrogen-bond donors (Lipinski definition) is 1. The van der Waals surface area contributed by atoms with Crippen molar-refractivity contribution in [2.75, 3.05) is 19.7 Å². The Balaban J connectivity index is 1.49. The standard InChI is InChI=1S/C21H24N2O2/c1-15-12-23-13-17(11-18(23)14-25-15)22-21(24)20-10-6-5-9-19(20)16-7-3-2-4-8-16/h2-10,15,17-18H,11-14H2,1H3,(H,22,24)/t15-,17-,18-/m0/s1. The molecule has 4 nitrogen and oxygen atoms in total. The molecule has 0 unspecified atom stereocenters. The molecule has 0 aliphatic carbocycles. The summed E-state index contributed by atoms with van der Waals surface area (Å²) in [6.45, 7) is 4.75. The van der Waals surface area contributed by atoms with Crippen molar-refractivity contribution in [3.63, 3.8) is 0 Å². The predicted molar refractivity (Wildman–Crippen MR) is 98.5 cm³/mol. The SMILES string of the molecule is C[C@H]1CN2C[C@@H](NC(=O)c3ccccc3-c3ccccc3)C[C@H]2CO1. The molecule has 2 aliphatic heterocycles. The molecule has 4 heteroatoms. The number of amides is 1. The lowest BCUT2D eigenvalue weighted by Gasteiger charge is -2.33. The van der Waals surface area contributed by atoms with Crippen molar-refractivity contribution in [3.8, 4) is 11.1 Å². The Morgan fingerprint density at radius 1 is 1.08 bits per heavy atom. The van der Waals surface area contributed by atoms with Crippen LogP contribution in [0.4, 0.5) is 0 Å². The van der Waals surface area contributed by atoms with E-state index in [1.54, 1.807) is 0 Å². The number of benzene rings is 2. The fourth-order valence-corrected chi connectivity index (χ4v) is 3.96. The molecule has 130 valence electrons. The predicted octanol–water partition coefficient (Wildman–Crippen LogP) is 2.95. The summed E-state index contributed by atoms with van der Waals surface area (Å²) in [6, 6.07) is 18.5. The van der Waals surface area contributed by atoms with Crippen molar-refractivity contribution in [1.82, 2.24) is 10.2 Å². The Morgan fingerprint density at radius 3 is 2.68 bits per heavy atom. The first-order valence-corrected chi connectivity index (χ1v) is 9.01. The van der Waals surface area contributed by atoms with Gasteiger partial charge in [0.05, 0.1) is 12.7 Å². The second kappa shape index (κ2) is 6.98. The Morgan fingerprint density at radius 2 is 1.84 bits per heavy atom. The van der Waals surface area contributed by atoms with Crippen LogP contribution in [0.2, 0.25) is 0 Å². The summed E-state index contributed by atoms with van der Waals surface area (Å²) >= 11 is 0. The largest absolute Gasteiger partial charge is 0.376 e. The molecule has 0 saturated carbocycles. The lowest BCUT2D eigenvalue weighted by Crippen LogP contribution is -2.45. The summed E-state index contributed by atoms with van der Waals surface area (Å²) in [5.41, 5.74) is 2.79. The van der Waals surface area contributed by atoms with Crippen LogP contribution in [-0.4, -0.2) is 48.7 Å². The van der Waals surface area contributed by atoms with Gasteiger partial charge in [-0.3, -0.25) is 9.69 Å². The van der Waals surface area contributed by atoms with Crippen molar-refractivity contribution in [2.24, 2.45) is 0 Å². The number of morpholine rings is 1. The zero-order chi connectivity index (χ0) is 17.2. The highest BCUT2D eigenvalue weighted by molar-refractivity contribution is 6.01. The van der Waals surface area contributed by atoms with Gasteiger partial charge in [-0.15, -0.1) is 0 Å². The van der Waals surface area contributed by atoms with E-state index < -0.39 is 0 Å². The molecule has 2 aliphatic rings. The highest BCUT2D eigenvalue weighted by Crippen LogP contribution is 2.26. The monoisotopic (exact) mass is 336 g/mol. The van der Waals surface area contributed by atoms with Crippen molar-refractivity contribution in [1.29, 1.82) is 0 Å². The van der Waals surface area contributed by atoms with E-state index in [2.05, 4.69) is 17.1 Å². The van der Waals surface area contributed by atoms with E-state index in [9.17, 15) is 4.79 Å². The molecular weight excluding hydrogens is 312 g/mol. The molecule has 0 spiro atoms.